The van der Waals surface area contributed by atoms with E-state index in [2.05, 4.69) is 15.9 Å². The SMILES string of the molecule is CCOC(=O)c1c(-c2cc(F)ccc2Br)c(N)c(=O)n(-c2ccccc2)c1-c1ccccc1. The van der Waals surface area contributed by atoms with E-state index >= 15 is 0 Å². The molecule has 4 aromatic rings. The van der Waals surface area contributed by atoms with Gasteiger partial charge >= 0.3 is 5.97 Å². The van der Waals surface area contributed by atoms with Crippen LogP contribution in [0.4, 0.5) is 10.1 Å². The highest BCUT2D eigenvalue weighted by molar-refractivity contribution is 9.10. The van der Waals surface area contributed by atoms with Crippen LogP contribution in [0.5, 0.6) is 0 Å². The van der Waals surface area contributed by atoms with Crippen molar-refractivity contribution < 1.29 is 13.9 Å². The molecule has 33 heavy (non-hydrogen) atoms. The maximum Gasteiger partial charge on any atom is 0.341 e. The predicted octanol–water partition coefficient (Wildman–Crippen LogP) is 5.83. The van der Waals surface area contributed by atoms with Crippen molar-refractivity contribution in [3.63, 3.8) is 0 Å². The van der Waals surface area contributed by atoms with Crippen molar-refractivity contribution in [2.45, 2.75) is 6.92 Å². The first-order chi connectivity index (χ1) is 15.9. The molecule has 0 bridgehead atoms. The Balaban J connectivity index is 2.25. The van der Waals surface area contributed by atoms with Gasteiger partial charge in [0.05, 0.1) is 17.9 Å². The Morgan fingerprint density at radius 3 is 2.30 bits per heavy atom. The van der Waals surface area contributed by atoms with E-state index in [9.17, 15) is 14.0 Å². The summed E-state index contributed by atoms with van der Waals surface area (Å²) in [7, 11) is 0. The van der Waals surface area contributed by atoms with Crippen molar-refractivity contribution in [1.82, 2.24) is 4.57 Å². The summed E-state index contributed by atoms with van der Waals surface area (Å²) in [4.78, 5) is 27.0. The highest BCUT2D eigenvalue weighted by Crippen LogP contribution is 2.39. The molecular formula is C26H20BrFN2O3. The molecule has 0 unspecified atom stereocenters. The first kappa shape index (κ1) is 22.5. The summed E-state index contributed by atoms with van der Waals surface area (Å²) in [6, 6.07) is 21.9. The van der Waals surface area contributed by atoms with E-state index in [1.807, 2.05) is 12.1 Å². The zero-order chi connectivity index (χ0) is 23.5. The molecule has 0 fully saturated rings. The third-order valence-electron chi connectivity index (χ3n) is 5.15. The van der Waals surface area contributed by atoms with E-state index in [1.54, 1.807) is 55.5 Å². The molecule has 0 saturated carbocycles. The first-order valence-electron chi connectivity index (χ1n) is 10.3. The number of carbonyl (C=O) groups excluding carboxylic acids is 1. The minimum atomic E-state index is -0.668. The molecular weight excluding hydrogens is 487 g/mol. The molecule has 7 heteroatoms. The molecule has 0 radical (unpaired) electrons. The predicted molar refractivity (Wildman–Crippen MR) is 131 cm³/mol. The zero-order valence-electron chi connectivity index (χ0n) is 17.7. The van der Waals surface area contributed by atoms with E-state index in [-0.39, 0.29) is 29.0 Å². The van der Waals surface area contributed by atoms with Gasteiger partial charge in [-0.2, -0.15) is 0 Å². The lowest BCUT2D eigenvalue weighted by Gasteiger charge is -2.22. The second kappa shape index (κ2) is 9.42. The number of esters is 1. The van der Waals surface area contributed by atoms with Crippen molar-refractivity contribution in [3.05, 3.63) is 105 Å². The summed E-state index contributed by atoms with van der Waals surface area (Å²) >= 11 is 3.41. The van der Waals surface area contributed by atoms with Crippen molar-refractivity contribution in [1.29, 1.82) is 0 Å². The van der Waals surface area contributed by atoms with Gasteiger partial charge in [-0.05, 0) is 42.8 Å². The van der Waals surface area contributed by atoms with Crippen LogP contribution in [0.15, 0.2) is 88.1 Å². The smallest absolute Gasteiger partial charge is 0.341 e. The molecule has 1 heterocycles. The van der Waals surface area contributed by atoms with Crippen LogP contribution in [0.25, 0.3) is 28.1 Å². The van der Waals surface area contributed by atoms with Gasteiger partial charge in [0, 0.05) is 21.3 Å². The standard InChI is InChI=1S/C26H20BrFN2O3/c1-2-33-26(32)22-21(19-15-17(28)13-14-20(19)27)23(29)25(31)30(18-11-7-4-8-12-18)24(22)16-9-5-3-6-10-16/h3-15H,2,29H2,1H3. The molecule has 0 aliphatic carbocycles. The molecule has 0 aliphatic heterocycles. The molecule has 1 aromatic heterocycles. The van der Waals surface area contributed by atoms with Gasteiger partial charge in [-0.3, -0.25) is 9.36 Å². The Kier molecular flexibility index (Phi) is 6.42. The molecule has 4 rings (SSSR count). The second-order valence-electron chi connectivity index (χ2n) is 7.20. The molecule has 0 atom stereocenters. The molecule has 0 saturated heterocycles. The zero-order valence-corrected chi connectivity index (χ0v) is 19.3. The lowest BCUT2D eigenvalue weighted by atomic mass is 9.93. The summed E-state index contributed by atoms with van der Waals surface area (Å²) in [6.45, 7) is 1.80. The number of ether oxygens (including phenoxy) is 1. The summed E-state index contributed by atoms with van der Waals surface area (Å²) < 4.78 is 21.5. The number of pyridine rings is 1. The third kappa shape index (κ3) is 4.19. The number of rotatable bonds is 5. The van der Waals surface area contributed by atoms with E-state index in [4.69, 9.17) is 10.5 Å². The van der Waals surface area contributed by atoms with Gasteiger partial charge in [0.15, 0.2) is 0 Å². The van der Waals surface area contributed by atoms with E-state index in [0.717, 1.165) is 0 Å². The number of carbonyl (C=O) groups is 1. The van der Waals surface area contributed by atoms with Crippen LogP contribution in [-0.2, 0) is 4.74 Å². The number of nitrogens with zero attached hydrogens (tertiary/aromatic N) is 1. The van der Waals surface area contributed by atoms with Gasteiger partial charge in [0.25, 0.3) is 5.56 Å². The van der Waals surface area contributed by atoms with Crippen LogP contribution in [0.1, 0.15) is 17.3 Å². The summed E-state index contributed by atoms with van der Waals surface area (Å²) in [6.07, 6.45) is 0. The van der Waals surface area contributed by atoms with Gasteiger partial charge in [0.2, 0.25) is 0 Å². The van der Waals surface area contributed by atoms with Crippen LogP contribution in [0.3, 0.4) is 0 Å². The summed E-state index contributed by atoms with van der Waals surface area (Å²) in [5.41, 5.74) is 7.58. The minimum Gasteiger partial charge on any atom is -0.462 e. The van der Waals surface area contributed by atoms with Gasteiger partial charge in [0.1, 0.15) is 11.5 Å². The first-order valence-corrected chi connectivity index (χ1v) is 11.0. The fourth-order valence-electron chi connectivity index (χ4n) is 3.76. The highest BCUT2D eigenvalue weighted by atomic mass is 79.9. The Labute approximate surface area is 198 Å². The van der Waals surface area contributed by atoms with Crippen molar-refractivity contribution in [2.75, 3.05) is 12.3 Å². The van der Waals surface area contributed by atoms with Gasteiger partial charge in [-0.25, -0.2) is 9.18 Å². The van der Waals surface area contributed by atoms with E-state index < -0.39 is 17.3 Å². The topological polar surface area (TPSA) is 74.3 Å². The number of para-hydroxylation sites is 1. The average Bonchev–Trinajstić information content (AvgIpc) is 2.83. The second-order valence-corrected chi connectivity index (χ2v) is 8.05. The maximum absolute atomic E-state index is 14.3. The summed E-state index contributed by atoms with van der Waals surface area (Å²) in [5.74, 6) is -1.20. The van der Waals surface area contributed by atoms with Crippen molar-refractivity contribution in [3.8, 4) is 28.1 Å². The normalized spacial score (nSPS) is 10.8. The number of hydrogen-bond donors (Lipinski definition) is 1. The van der Waals surface area contributed by atoms with E-state index in [1.165, 1.54) is 22.8 Å². The van der Waals surface area contributed by atoms with Crippen molar-refractivity contribution >= 4 is 27.6 Å². The van der Waals surface area contributed by atoms with Crippen LogP contribution < -0.4 is 11.3 Å². The number of anilines is 1. The Morgan fingerprint density at radius 2 is 1.67 bits per heavy atom. The van der Waals surface area contributed by atoms with Gasteiger partial charge in [-0.15, -0.1) is 0 Å². The summed E-state index contributed by atoms with van der Waals surface area (Å²) in [5, 5.41) is 0. The van der Waals surface area contributed by atoms with Gasteiger partial charge < -0.3 is 10.5 Å². The monoisotopic (exact) mass is 506 g/mol. The largest absolute Gasteiger partial charge is 0.462 e. The van der Waals surface area contributed by atoms with Crippen LogP contribution in [-0.4, -0.2) is 17.1 Å². The number of hydrogen-bond acceptors (Lipinski definition) is 4. The molecule has 2 N–H and O–H groups in total. The lowest BCUT2D eigenvalue weighted by molar-refractivity contribution is 0.0527. The number of halogens is 2. The number of nitrogens with two attached hydrogens (primary N) is 1. The Hall–Kier alpha value is -3.71. The lowest BCUT2D eigenvalue weighted by Crippen LogP contribution is -2.28. The minimum absolute atomic E-state index is 0.0790. The Morgan fingerprint density at radius 1 is 1.03 bits per heavy atom. The van der Waals surface area contributed by atoms with Gasteiger partial charge in [-0.1, -0.05) is 64.5 Å². The number of benzene rings is 3. The molecule has 0 aliphatic rings. The van der Waals surface area contributed by atoms with Crippen molar-refractivity contribution in [2.24, 2.45) is 0 Å². The fourth-order valence-corrected chi connectivity index (χ4v) is 4.20. The highest BCUT2D eigenvalue weighted by Gasteiger charge is 2.29. The molecule has 3 aromatic carbocycles. The molecule has 5 nitrogen and oxygen atoms in total. The Bertz CT molecular complexity index is 1390. The maximum atomic E-state index is 14.3. The van der Waals surface area contributed by atoms with E-state index in [0.29, 0.717) is 21.4 Å². The fraction of sp³-hybridized carbons (Fsp3) is 0.0769. The number of aromatic nitrogens is 1. The molecule has 0 amide bonds. The average molecular weight is 507 g/mol. The van der Waals surface area contributed by atoms with Crippen LogP contribution >= 0.6 is 15.9 Å². The quantitative estimate of drug-likeness (QED) is 0.345. The third-order valence-corrected chi connectivity index (χ3v) is 5.84. The van der Waals surface area contributed by atoms with Crippen LogP contribution in [0.2, 0.25) is 0 Å². The van der Waals surface area contributed by atoms with Crippen LogP contribution in [0, 0.1) is 5.82 Å². The molecule has 0 spiro atoms. The number of nitrogen functional groups attached to an aromatic ring is 1. The molecule has 166 valence electrons.